The molecule has 1 saturated heterocycles. The summed E-state index contributed by atoms with van der Waals surface area (Å²) in [5, 5.41) is 3.32. The van der Waals surface area contributed by atoms with Gasteiger partial charge < -0.3 is 19.5 Å². The van der Waals surface area contributed by atoms with E-state index in [4.69, 9.17) is 24.2 Å². The largest absolute Gasteiger partial charge is 0.497 e. The Kier molecular flexibility index (Phi) is 6.21. The molecular weight excluding hydrogens is 370 g/mol. The van der Waals surface area contributed by atoms with Crippen molar-refractivity contribution in [3.05, 3.63) is 30.6 Å². The maximum atomic E-state index is 5.97. The number of rotatable bonds is 8. The molecule has 4 rings (SSSR count). The number of benzene rings is 1. The second-order valence-corrected chi connectivity index (χ2v) is 7.04. The lowest BCUT2D eigenvalue weighted by Crippen LogP contribution is -2.18. The Balaban J connectivity index is 1.73. The molecule has 1 fully saturated rings. The second-order valence-electron chi connectivity index (χ2n) is 7.04. The van der Waals surface area contributed by atoms with Gasteiger partial charge in [-0.3, -0.25) is 4.57 Å². The molecule has 3 heterocycles. The van der Waals surface area contributed by atoms with Crippen LogP contribution in [0.3, 0.4) is 0 Å². The fraction of sp³-hybridized carbons (Fsp3) is 0.476. The molecule has 0 radical (unpaired) electrons. The minimum atomic E-state index is -0.0336. The molecule has 2 aromatic heterocycles. The summed E-state index contributed by atoms with van der Waals surface area (Å²) in [5.74, 6) is 1.38. The number of nitrogens with one attached hydrogen (secondary N) is 1. The number of methoxy groups -OCH3 is 2. The number of hydrogen-bond acceptors (Lipinski definition) is 7. The van der Waals surface area contributed by atoms with Gasteiger partial charge >= 0.3 is 0 Å². The van der Waals surface area contributed by atoms with Gasteiger partial charge in [0.25, 0.3) is 0 Å². The molecule has 29 heavy (non-hydrogen) atoms. The molecule has 1 aromatic carbocycles. The van der Waals surface area contributed by atoms with Crippen molar-refractivity contribution in [3.8, 4) is 17.0 Å². The van der Waals surface area contributed by atoms with Crippen LogP contribution in [0.2, 0.25) is 0 Å². The number of imidazole rings is 1. The lowest BCUT2D eigenvalue weighted by atomic mass is 10.1. The Labute approximate surface area is 170 Å². The van der Waals surface area contributed by atoms with Crippen LogP contribution >= 0.6 is 0 Å². The summed E-state index contributed by atoms with van der Waals surface area (Å²) in [7, 11) is 3.36. The van der Waals surface area contributed by atoms with Crippen LogP contribution < -0.4 is 10.1 Å². The van der Waals surface area contributed by atoms with Crippen LogP contribution in [0.4, 0.5) is 5.95 Å². The van der Waals surface area contributed by atoms with Gasteiger partial charge in [-0.15, -0.1) is 0 Å². The van der Waals surface area contributed by atoms with Crippen LogP contribution in [0.1, 0.15) is 31.9 Å². The third-order valence-electron chi connectivity index (χ3n) is 5.06. The molecule has 1 unspecified atom stereocenters. The van der Waals surface area contributed by atoms with E-state index in [0.29, 0.717) is 12.6 Å². The Morgan fingerprint density at radius 3 is 2.76 bits per heavy atom. The molecule has 1 aliphatic rings. The van der Waals surface area contributed by atoms with Crippen LogP contribution in [0.15, 0.2) is 30.6 Å². The van der Waals surface area contributed by atoms with Gasteiger partial charge in [-0.05, 0) is 49.9 Å². The number of hydrogen-bond donors (Lipinski definition) is 1. The van der Waals surface area contributed by atoms with E-state index in [1.807, 2.05) is 35.2 Å². The van der Waals surface area contributed by atoms with Crippen molar-refractivity contribution in [3.63, 3.8) is 0 Å². The molecule has 3 aromatic rings. The van der Waals surface area contributed by atoms with E-state index in [1.165, 1.54) is 0 Å². The van der Waals surface area contributed by atoms with Crippen molar-refractivity contribution in [1.29, 1.82) is 0 Å². The molecule has 1 N–H and O–H groups in total. The summed E-state index contributed by atoms with van der Waals surface area (Å²) in [6, 6.07) is 7.84. The van der Waals surface area contributed by atoms with E-state index in [1.54, 1.807) is 14.2 Å². The maximum absolute atomic E-state index is 5.97. The average Bonchev–Trinajstić information content (AvgIpc) is 3.21. The van der Waals surface area contributed by atoms with Gasteiger partial charge in [0.05, 0.1) is 13.4 Å². The molecule has 0 spiro atoms. The van der Waals surface area contributed by atoms with Crippen molar-refractivity contribution in [2.24, 2.45) is 0 Å². The maximum Gasteiger partial charge on any atom is 0.225 e. The fourth-order valence-corrected chi connectivity index (χ4v) is 3.52. The quantitative estimate of drug-likeness (QED) is 0.581. The minimum Gasteiger partial charge on any atom is -0.497 e. The number of fused-ring (bicyclic) bond motifs is 1. The number of anilines is 1. The molecule has 8 heteroatoms. The van der Waals surface area contributed by atoms with Gasteiger partial charge in [0.15, 0.2) is 5.65 Å². The molecule has 154 valence electrons. The lowest BCUT2D eigenvalue weighted by molar-refractivity contribution is -0.0298. The van der Waals surface area contributed by atoms with E-state index in [2.05, 4.69) is 10.3 Å². The van der Waals surface area contributed by atoms with Gasteiger partial charge in [0.2, 0.25) is 5.95 Å². The smallest absolute Gasteiger partial charge is 0.225 e. The van der Waals surface area contributed by atoms with Crippen molar-refractivity contribution < 1.29 is 14.2 Å². The Morgan fingerprint density at radius 2 is 2.03 bits per heavy atom. The van der Waals surface area contributed by atoms with Crippen LogP contribution in [0.25, 0.3) is 22.4 Å². The molecule has 0 bridgehead atoms. The number of nitrogens with zero attached hydrogens (tertiary/aromatic N) is 4. The summed E-state index contributed by atoms with van der Waals surface area (Å²) >= 11 is 0. The Bertz CT molecular complexity index is 935. The van der Waals surface area contributed by atoms with Gasteiger partial charge in [-0.1, -0.05) is 0 Å². The molecule has 1 aliphatic heterocycles. The summed E-state index contributed by atoms with van der Waals surface area (Å²) in [6.45, 7) is 2.19. The molecule has 1 atom stereocenters. The van der Waals surface area contributed by atoms with Gasteiger partial charge in [-0.25, -0.2) is 9.97 Å². The Morgan fingerprint density at radius 1 is 1.17 bits per heavy atom. The number of ether oxygens (including phenoxy) is 3. The van der Waals surface area contributed by atoms with Crippen LogP contribution in [-0.2, 0) is 9.47 Å². The fourth-order valence-electron chi connectivity index (χ4n) is 3.52. The van der Waals surface area contributed by atoms with E-state index < -0.39 is 0 Å². The van der Waals surface area contributed by atoms with E-state index in [0.717, 1.165) is 67.0 Å². The summed E-state index contributed by atoms with van der Waals surface area (Å²) in [4.78, 5) is 14.2. The van der Waals surface area contributed by atoms with Crippen molar-refractivity contribution in [2.75, 3.05) is 39.3 Å². The normalized spacial score (nSPS) is 16.8. The molecular formula is C21H27N5O3. The first-order valence-corrected chi connectivity index (χ1v) is 10.0. The first-order valence-electron chi connectivity index (χ1n) is 10.0. The second kappa shape index (κ2) is 9.19. The highest BCUT2D eigenvalue weighted by Gasteiger charge is 2.21. The van der Waals surface area contributed by atoms with E-state index in [-0.39, 0.29) is 6.23 Å². The van der Waals surface area contributed by atoms with Crippen LogP contribution in [0.5, 0.6) is 5.75 Å². The summed E-state index contributed by atoms with van der Waals surface area (Å²) < 4.78 is 18.4. The van der Waals surface area contributed by atoms with E-state index >= 15 is 0 Å². The predicted molar refractivity (Wildman–Crippen MR) is 111 cm³/mol. The van der Waals surface area contributed by atoms with Gasteiger partial charge in [0.1, 0.15) is 23.2 Å². The molecule has 8 nitrogen and oxygen atoms in total. The van der Waals surface area contributed by atoms with Crippen LogP contribution in [0, 0.1) is 0 Å². The lowest BCUT2D eigenvalue weighted by Gasteiger charge is -2.23. The molecule has 0 amide bonds. The third-order valence-corrected chi connectivity index (χ3v) is 5.06. The first kappa shape index (κ1) is 19.6. The first-order chi connectivity index (χ1) is 14.3. The zero-order valence-corrected chi connectivity index (χ0v) is 16.9. The highest BCUT2D eigenvalue weighted by Crippen LogP contribution is 2.31. The zero-order valence-electron chi connectivity index (χ0n) is 16.9. The summed E-state index contributed by atoms with van der Waals surface area (Å²) in [5.41, 5.74) is 3.31. The van der Waals surface area contributed by atoms with Gasteiger partial charge in [-0.2, -0.15) is 4.98 Å². The Hall–Kier alpha value is -2.71. The standard InChI is InChI=1S/C21H27N5O3/c1-27-12-5-11-22-21-24-18(15-7-9-16(28-2)10-8-15)19-20(25-21)26(14-23-19)17-6-3-4-13-29-17/h7-10,14,17H,3-6,11-13H2,1-2H3,(H,22,24,25). The highest BCUT2D eigenvalue weighted by atomic mass is 16.5. The highest BCUT2D eigenvalue weighted by molar-refractivity contribution is 5.88. The monoisotopic (exact) mass is 397 g/mol. The zero-order chi connectivity index (χ0) is 20.1. The summed E-state index contributed by atoms with van der Waals surface area (Å²) in [6.07, 6.45) is 5.86. The topological polar surface area (TPSA) is 83.3 Å². The van der Waals surface area contributed by atoms with Crippen LogP contribution in [-0.4, -0.2) is 53.5 Å². The minimum absolute atomic E-state index is 0.0336. The van der Waals surface area contributed by atoms with Gasteiger partial charge in [0, 0.05) is 32.4 Å². The van der Waals surface area contributed by atoms with Crippen molar-refractivity contribution in [1.82, 2.24) is 19.5 Å². The third kappa shape index (κ3) is 4.33. The number of aromatic nitrogens is 4. The average molecular weight is 397 g/mol. The molecule has 0 saturated carbocycles. The predicted octanol–water partition coefficient (Wildman–Crippen LogP) is 3.65. The molecule has 0 aliphatic carbocycles. The SMILES string of the molecule is COCCCNc1nc(-c2ccc(OC)cc2)c2ncn(C3CCCCO3)c2n1. The van der Waals surface area contributed by atoms with Crippen molar-refractivity contribution >= 4 is 17.1 Å². The van der Waals surface area contributed by atoms with Crippen molar-refractivity contribution in [2.45, 2.75) is 31.9 Å². The van der Waals surface area contributed by atoms with E-state index in [9.17, 15) is 0 Å².